The van der Waals surface area contributed by atoms with Crippen molar-refractivity contribution in [3.63, 3.8) is 0 Å². The van der Waals surface area contributed by atoms with Crippen LogP contribution in [0.4, 0.5) is 8.78 Å². The highest BCUT2D eigenvalue weighted by molar-refractivity contribution is 5.19. The molecule has 0 spiro atoms. The second-order valence-corrected chi connectivity index (χ2v) is 5.65. The molecule has 0 aliphatic heterocycles. The summed E-state index contributed by atoms with van der Waals surface area (Å²) in [4.78, 5) is 0. The number of hydrogen-bond donors (Lipinski definition) is 1. The lowest BCUT2D eigenvalue weighted by Gasteiger charge is -2.28. The zero-order valence-electron chi connectivity index (χ0n) is 12.3. The molecule has 0 aromatic heterocycles. The van der Waals surface area contributed by atoms with Crippen LogP contribution in [-0.2, 0) is 6.42 Å². The molecule has 0 saturated carbocycles. The van der Waals surface area contributed by atoms with Crippen LogP contribution < -0.4 is 5.32 Å². The quantitative estimate of drug-likeness (QED) is 0.783. The number of hydrogen-bond acceptors (Lipinski definition) is 1. The standard InChI is InChI=1S/C16H25F2N/c1-5-6-19-16(12(4)11(2)3)9-13-7-14(17)10-15(18)8-13/h7-8,10-12,16,19H,5-6,9H2,1-4H3. The fourth-order valence-electron chi connectivity index (χ4n) is 2.22. The van der Waals surface area contributed by atoms with Crippen molar-refractivity contribution in [2.45, 2.75) is 46.6 Å². The van der Waals surface area contributed by atoms with Crippen LogP contribution in [0.1, 0.15) is 39.7 Å². The third kappa shape index (κ3) is 5.27. The Labute approximate surface area is 115 Å². The van der Waals surface area contributed by atoms with Gasteiger partial charge in [0.25, 0.3) is 0 Å². The Morgan fingerprint density at radius 1 is 1.05 bits per heavy atom. The molecule has 1 nitrogen and oxygen atoms in total. The van der Waals surface area contributed by atoms with Crippen LogP contribution in [0.5, 0.6) is 0 Å². The minimum atomic E-state index is -0.499. The summed E-state index contributed by atoms with van der Waals surface area (Å²) < 4.78 is 26.5. The fraction of sp³-hybridized carbons (Fsp3) is 0.625. The first-order valence-corrected chi connectivity index (χ1v) is 7.12. The van der Waals surface area contributed by atoms with E-state index in [0.717, 1.165) is 24.6 Å². The lowest BCUT2D eigenvalue weighted by Crippen LogP contribution is -2.39. The van der Waals surface area contributed by atoms with Gasteiger partial charge in [0.2, 0.25) is 0 Å². The van der Waals surface area contributed by atoms with Gasteiger partial charge in [-0.3, -0.25) is 0 Å². The molecule has 1 aromatic rings. The first-order valence-electron chi connectivity index (χ1n) is 7.12. The van der Waals surface area contributed by atoms with E-state index in [1.54, 1.807) is 0 Å². The van der Waals surface area contributed by atoms with Crippen LogP contribution in [0.3, 0.4) is 0 Å². The minimum absolute atomic E-state index is 0.251. The Morgan fingerprint density at radius 2 is 1.63 bits per heavy atom. The molecule has 0 aliphatic rings. The summed E-state index contributed by atoms with van der Waals surface area (Å²) in [5.74, 6) is -0.00600. The maximum absolute atomic E-state index is 13.2. The smallest absolute Gasteiger partial charge is 0.126 e. The number of rotatable bonds is 7. The van der Waals surface area contributed by atoms with Crippen molar-refractivity contribution in [2.24, 2.45) is 11.8 Å². The Kier molecular flexibility index (Phi) is 6.43. The highest BCUT2D eigenvalue weighted by Gasteiger charge is 2.20. The zero-order chi connectivity index (χ0) is 14.4. The largest absolute Gasteiger partial charge is 0.313 e. The molecule has 0 heterocycles. The van der Waals surface area contributed by atoms with Crippen molar-refractivity contribution >= 4 is 0 Å². The van der Waals surface area contributed by atoms with Gasteiger partial charge in [0.05, 0.1) is 0 Å². The second kappa shape index (κ2) is 7.59. The van der Waals surface area contributed by atoms with E-state index in [9.17, 15) is 8.78 Å². The molecule has 2 unspecified atom stereocenters. The molecule has 1 aromatic carbocycles. The Bertz CT molecular complexity index is 370. The molecule has 0 radical (unpaired) electrons. The maximum Gasteiger partial charge on any atom is 0.126 e. The van der Waals surface area contributed by atoms with Gasteiger partial charge in [-0.15, -0.1) is 0 Å². The molecular weight excluding hydrogens is 244 g/mol. The molecule has 2 atom stereocenters. The van der Waals surface area contributed by atoms with Gasteiger partial charge in [0.15, 0.2) is 0 Å². The van der Waals surface area contributed by atoms with Crippen molar-refractivity contribution in [3.05, 3.63) is 35.4 Å². The average Bonchev–Trinajstić information content (AvgIpc) is 2.32. The first kappa shape index (κ1) is 16.1. The van der Waals surface area contributed by atoms with Gasteiger partial charge in [-0.2, -0.15) is 0 Å². The molecular formula is C16H25F2N. The summed E-state index contributed by atoms with van der Waals surface area (Å²) in [7, 11) is 0. The topological polar surface area (TPSA) is 12.0 Å². The van der Waals surface area contributed by atoms with E-state index in [1.165, 1.54) is 12.1 Å². The minimum Gasteiger partial charge on any atom is -0.313 e. The fourth-order valence-corrected chi connectivity index (χ4v) is 2.22. The van der Waals surface area contributed by atoms with Crippen molar-refractivity contribution < 1.29 is 8.78 Å². The van der Waals surface area contributed by atoms with E-state index in [2.05, 4.69) is 33.0 Å². The van der Waals surface area contributed by atoms with Crippen LogP contribution in [-0.4, -0.2) is 12.6 Å². The van der Waals surface area contributed by atoms with Crippen LogP contribution in [0, 0.1) is 23.5 Å². The SMILES string of the molecule is CCCNC(Cc1cc(F)cc(F)c1)C(C)C(C)C. The predicted octanol–water partition coefficient (Wildman–Crippen LogP) is 4.17. The van der Waals surface area contributed by atoms with Crippen LogP contribution in [0.25, 0.3) is 0 Å². The molecule has 0 amide bonds. The van der Waals surface area contributed by atoms with Crippen molar-refractivity contribution in [3.8, 4) is 0 Å². The molecule has 0 aliphatic carbocycles. The van der Waals surface area contributed by atoms with Gasteiger partial charge < -0.3 is 5.32 Å². The van der Waals surface area contributed by atoms with E-state index in [0.29, 0.717) is 18.3 Å². The molecule has 108 valence electrons. The van der Waals surface area contributed by atoms with E-state index < -0.39 is 11.6 Å². The van der Waals surface area contributed by atoms with Crippen LogP contribution in [0.2, 0.25) is 0 Å². The van der Waals surface area contributed by atoms with Crippen molar-refractivity contribution in [1.29, 1.82) is 0 Å². The second-order valence-electron chi connectivity index (χ2n) is 5.65. The number of halogens is 2. The highest BCUT2D eigenvalue weighted by Crippen LogP contribution is 2.19. The van der Waals surface area contributed by atoms with E-state index in [1.807, 2.05) is 0 Å². The van der Waals surface area contributed by atoms with E-state index in [-0.39, 0.29) is 6.04 Å². The monoisotopic (exact) mass is 269 g/mol. The zero-order valence-corrected chi connectivity index (χ0v) is 12.3. The highest BCUT2D eigenvalue weighted by atomic mass is 19.1. The summed E-state index contributed by atoms with van der Waals surface area (Å²) in [6, 6.07) is 4.03. The lowest BCUT2D eigenvalue weighted by atomic mass is 9.86. The lowest BCUT2D eigenvalue weighted by molar-refractivity contribution is 0.296. The van der Waals surface area contributed by atoms with Gasteiger partial charge in [0, 0.05) is 12.1 Å². The maximum atomic E-state index is 13.2. The van der Waals surface area contributed by atoms with Gasteiger partial charge in [-0.1, -0.05) is 27.7 Å². The van der Waals surface area contributed by atoms with Crippen LogP contribution in [0.15, 0.2) is 18.2 Å². The van der Waals surface area contributed by atoms with Gasteiger partial charge in [0.1, 0.15) is 11.6 Å². The van der Waals surface area contributed by atoms with Gasteiger partial charge >= 0.3 is 0 Å². The molecule has 3 heteroatoms. The Morgan fingerprint density at radius 3 is 2.11 bits per heavy atom. The normalized spacial score (nSPS) is 14.7. The molecule has 19 heavy (non-hydrogen) atoms. The Hall–Kier alpha value is -0.960. The van der Waals surface area contributed by atoms with Crippen molar-refractivity contribution in [2.75, 3.05) is 6.54 Å². The van der Waals surface area contributed by atoms with Crippen LogP contribution >= 0.6 is 0 Å². The number of benzene rings is 1. The first-order chi connectivity index (χ1) is 8.93. The van der Waals surface area contributed by atoms with Crippen molar-refractivity contribution in [1.82, 2.24) is 5.32 Å². The molecule has 1 N–H and O–H groups in total. The van der Waals surface area contributed by atoms with Gasteiger partial charge in [-0.25, -0.2) is 8.78 Å². The van der Waals surface area contributed by atoms with E-state index in [4.69, 9.17) is 0 Å². The molecule has 0 fully saturated rings. The molecule has 0 saturated heterocycles. The van der Waals surface area contributed by atoms with Gasteiger partial charge in [-0.05, 0) is 48.9 Å². The van der Waals surface area contributed by atoms with E-state index >= 15 is 0 Å². The average molecular weight is 269 g/mol. The third-order valence-corrected chi connectivity index (χ3v) is 3.72. The summed E-state index contributed by atoms with van der Waals surface area (Å²) in [5.41, 5.74) is 0.721. The number of nitrogens with one attached hydrogen (secondary N) is 1. The third-order valence-electron chi connectivity index (χ3n) is 3.72. The molecule has 1 rings (SSSR count). The summed E-state index contributed by atoms with van der Waals surface area (Å²) in [5, 5.41) is 3.49. The Balaban J connectivity index is 2.80. The summed E-state index contributed by atoms with van der Waals surface area (Å²) >= 11 is 0. The summed E-state index contributed by atoms with van der Waals surface area (Å²) in [6.07, 6.45) is 1.72. The predicted molar refractivity (Wildman–Crippen MR) is 76.1 cm³/mol. The summed E-state index contributed by atoms with van der Waals surface area (Å²) in [6.45, 7) is 9.59. The molecule has 0 bridgehead atoms.